The van der Waals surface area contributed by atoms with Crippen LogP contribution in [0, 0.1) is 5.92 Å². The second-order valence-corrected chi connectivity index (χ2v) is 6.06. The molecule has 0 saturated heterocycles. The molecule has 21 heavy (non-hydrogen) atoms. The van der Waals surface area contributed by atoms with Gasteiger partial charge in [-0.05, 0) is 48.1 Å². The van der Waals surface area contributed by atoms with E-state index in [9.17, 15) is 9.90 Å². The lowest BCUT2D eigenvalue weighted by Gasteiger charge is -2.31. The minimum absolute atomic E-state index is 0.0358. The molecule has 0 radical (unpaired) electrons. The van der Waals surface area contributed by atoms with Gasteiger partial charge >= 0.3 is 5.97 Å². The number of carboxylic acid groups (broad SMARTS) is 1. The highest BCUT2D eigenvalue weighted by atomic mass is 35.5. The minimum atomic E-state index is -0.691. The smallest absolute Gasteiger partial charge is 0.307 e. The molecular formula is C18H17ClO2. The number of benzene rings is 2. The van der Waals surface area contributed by atoms with Crippen LogP contribution in [0.1, 0.15) is 29.0 Å². The largest absolute Gasteiger partial charge is 0.481 e. The number of aryl methyl sites for hydroxylation is 1. The van der Waals surface area contributed by atoms with Crippen molar-refractivity contribution in [2.45, 2.75) is 25.2 Å². The van der Waals surface area contributed by atoms with Crippen molar-refractivity contribution in [1.82, 2.24) is 0 Å². The highest BCUT2D eigenvalue weighted by molar-refractivity contribution is 6.30. The monoisotopic (exact) mass is 300 g/mol. The van der Waals surface area contributed by atoms with Gasteiger partial charge in [0, 0.05) is 10.9 Å². The lowest BCUT2D eigenvalue weighted by Crippen LogP contribution is -2.28. The molecule has 0 amide bonds. The molecule has 0 spiro atoms. The Balaban J connectivity index is 1.95. The summed E-state index contributed by atoms with van der Waals surface area (Å²) < 4.78 is 0. The first-order valence-electron chi connectivity index (χ1n) is 7.20. The summed E-state index contributed by atoms with van der Waals surface area (Å²) in [4.78, 5) is 11.6. The molecule has 1 aliphatic carbocycles. The summed E-state index contributed by atoms with van der Waals surface area (Å²) in [5.74, 6) is -0.965. The van der Waals surface area contributed by atoms with Crippen LogP contribution < -0.4 is 0 Å². The zero-order chi connectivity index (χ0) is 14.8. The summed E-state index contributed by atoms with van der Waals surface area (Å²) in [6.45, 7) is 0. The highest BCUT2D eigenvalue weighted by Crippen LogP contribution is 2.38. The van der Waals surface area contributed by atoms with Gasteiger partial charge in [-0.15, -0.1) is 0 Å². The van der Waals surface area contributed by atoms with E-state index < -0.39 is 5.97 Å². The van der Waals surface area contributed by atoms with Gasteiger partial charge in [0.1, 0.15) is 0 Å². The molecular weight excluding hydrogens is 284 g/mol. The van der Waals surface area contributed by atoms with Crippen LogP contribution in [0.15, 0.2) is 48.5 Å². The summed E-state index contributed by atoms with van der Waals surface area (Å²) in [5.41, 5.74) is 3.60. The fraction of sp³-hybridized carbons (Fsp3) is 0.278. The molecule has 1 N–H and O–H groups in total. The quantitative estimate of drug-likeness (QED) is 0.917. The first-order valence-corrected chi connectivity index (χ1v) is 7.58. The molecule has 2 aromatic carbocycles. The molecule has 2 aromatic rings. The molecule has 0 aliphatic heterocycles. The molecule has 0 aromatic heterocycles. The molecule has 0 heterocycles. The van der Waals surface area contributed by atoms with Crippen molar-refractivity contribution in [3.05, 3.63) is 70.2 Å². The average Bonchev–Trinajstić information content (AvgIpc) is 2.49. The van der Waals surface area contributed by atoms with E-state index in [1.54, 1.807) is 0 Å². The van der Waals surface area contributed by atoms with Gasteiger partial charge in [0.15, 0.2) is 0 Å². The maximum Gasteiger partial charge on any atom is 0.307 e. The van der Waals surface area contributed by atoms with Gasteiger partial charge in [-0.25, -0.2) is 0 Å². The zero-order valence-electron chi connectivity index (χ0n) is 11.6. The molecule has 2 atom stereocenters. The van der Waals surface area contributed by atoms with Crippen LogP contribution in [0.3, 0.4) is 0 Å². The van der Waals surface area contributed by atoms with Gasteiger partial charge in [-0.2, -0.15) is 0 Å². The van der Waals surface area contributed by atoms with Gasteiger partial charge in [0.25, 0.3) is 0 Å². The van der Waals surface area contributed by atoms with Crippen LogP contribution in [-0.4, -0.2) is 11.1 Å². The second-order valence-electron chi connectivity index (χ2n) is 5.62. The van der Waals surface area contributed by atoms with Crippen molar-refractivity contribution in [3.8, 4) is 0 Å². The number of carbonyl (C=O) groups is 1. The Hall–Kier alpha value is -1.80. The summed E-state index contributed by atoms with van der Waals surface area (Å²) >= 11 is 5.92. The molecule has 0 fully saturated rings. The average molecular weight is 301 g/mol. The predicted molar refractivity (Wildman–Crippen MR) is 83.8 cm³/mol. The van der Waals surface area contributed by atoms with E-state index in [1.807, 2.05) is 36.4 Å². The first-order chi connectivity index (χ1) is 10.1. The van der Waals surface area contributed by atoms with Crippen molar-refractivity contribution in [1.29, 1.82) is 0 Å². The summed E-state index contributed by atoms with van der Waals surface area (Å²) in [7, 11) is 0. The fourth-order valence-corrected chi connectivity index (χ4v) is 3.40. The Morgan fingerprint density at radius 3 is 2.57 bits per heavy atom. The summed E-state index contributed by atoms with van der Waals surface area (Å²) in [6, 6.07) is 15.9. The van der Waals surface area contributed by atoms with Crippen molar-refractivity contribution >= 4 is 17.6 Å². The van der Waals surface area contributed by atoms with E-state index in [1.165, 1.54) is 11.1 Å². The van der Waals surface area contributed by atoms with Gasteiger partial charge < -0.3 is 5.11 Å². The van der Waals surface area contributed by atoms with Crippen LogP contribution in [0.25, 0.3) is 0 Å². The molecule has 3 heteroatoms. The zero-order valence-corrected chi connectivity index (χ0v) is 12.4. The maximum atomic E-state index is 11.6. The number of fused-ring (bicyclic) bond motifs is 1. The lowest BCUT2D eigenvalue weighted by molar-refractivity contribution is -0.143. The molecule has 2 nitrogen and oxygen atoms in total. The van der Waals surface area contributed by atoms with E-state index in [0.29, 0.717) is 11.4 Å². The topological polar surface area (TPSA) is 37.3 Å². The van der Waals surface area contributed by atoms with Crippen molar-refractivity contribution in [2.24, 2.45) is 5.92 Å². The van der Waals surface area contributed by atoms with Crippen molar-refractivity contribution in [2.75, 3.05) is 0 Å². The third-order valence-corrected chi connectivity index (χ3v) is 4.60. The van der Waals surface area contributed by atoms with E-state index in [0.717, 1.165) is 18.4 Å². The Morgan fingerprint density at radius 2 is 1.86 bits per heavy atom. The number of hydrogen-bond acceptors (Lipinski definition) is 1. The Kier molecular flexibility index (Phi) is 3.98. The SMILES string of the molecule is O=C(O)C1CCc2ccccc2C1Cc1ccc(Cl)cc1. The van der Waals surface area contributed by atoms with Crippen LogP contribution in [-0.2, 0) is 17.6 Å². The third-order valence-electron chi connectivity index (χ3n) is 4.35. The first kappa shape index (κ1) is 14.2. The molecule has 1 aliphatic rings. The van der Waals surface area contributed by atoms with Crippen LogP contribution in [0.5, 0.6) is 0 Å². The van der Waals surface area contributed by atoms with E-state index in [-0.39, 0.29) is 11.8 Å². The van der Waals surface area contributed by atoms with Crippen molar-refractivity contribution < 1.29 is 9.90 Å². The normalized spacial score (nSPS) is 20.8. The highest BCUT2D eigenvalue weighted by Gasteiger charge is 2.34. The van der Waals surface area contributed by atoms with Gasteiger partial charge in [-0.3, -0.25) is 4.79 Å². The van der Waals surface area contributed by atoms with Gasteiger partial charge in [-0.1, -0.05) is 48.0 Å². The third kappa shape index (κ3) is 2.96. The Morgan fingerprint density at radius 1 is 1.14 bits per heavy atom. The minimum Gasteiger partial charge on any atom is -0.481 e. The van der Waals surface area contributed by atoms with Crippen LogP contribution in [0.2, 0.25) is 5.02 Å². The van der Waals surface area contributed by atoms with E-state index in [2.05, 4.69) is 12.1 Å². The number of rotatable bonds is 3. The summed E-state index contributed by atoms with van der Waals surface area (Å²) in [6.07, 6.45) is 2.31. The molecule has 0 saturated carbocycles. The van der Waals surface area contributed by atoms with Gasteiger partial charge in [0.05, 0.1) is 5.92 Å². The number of halogens is 1. The van der Waals surface area contributed by atoms with Crippen molar-refractivity contribution in [3.63, 3.8) is 0 Å². The van der Waals surface area contributed by atoms with Gasteiger partial charge in [0.2, 0.25) is 0 Å². The molecule has 2 unspecified atom stereocenters. The number of carboxylic acids is 1. The maximum absolute atomic E-state index is 11.6. The van der Waals surface area contributed by atoms with E-state index >= 15 is 0 Å². The second kappa shape index (κ2) is 5.90. The number of aliphatic carboxylic acids is 1. The van der Waals surface area contributed by atoms with Crippen LogP contribution in [0.4, 0.5) is 0 Å². The Labute approximate surface area is 129 Å². The van der Waals surface area contributed by atoms with Crippen LogP contribution >= 0.6 is 11.6 Å². The standard InChI is InChI=1S/C18H17ClO2/c19-14-8-5-12(6-9-14)11-17-15-4-2-1-3-13(15)7-10-16(17)18(20)21/h1-6,8-9,16-17H,7,10-11H2,(H,20,21). The summed E-state index contributed by atoms with van der Waals surface area (Å²) in [5, 5.41) is 10.2. The van der Waals surface area contributed by atoms with E-state index in [4.69, 9.17) is 11.6 Å². The molecule has 108 valence electrons. The molecule has 0 bridgehead atoms. The Bertz CT molecular complexity index is 649. The number of hydrogen-bond donors (Lipinski definition) is 1. The predicted octanol–water partition coefficient (Wildman–Crippen LogP) is 4.31. The molecule has 3 rings (SSSR count). The fourth-order valence-electron chi connectivity index (χ4n) is 3.27. The lowest BCUT2D eigenvalue weighted by atomic mass is 9.72.